The van der Waals surface area contributed by atoms with E-state index in [1.807, 2.05) is 12.5 Å². The van der Waals surface area contributed by atoms with Crippen LogP contribution in [-0.4, -0.2) is 34.6 Å². The topological polar surface area (TPSA) is 21.1 Å². The molecule has 26 heavy (non-hydrogen) atoms. The number of allylic oxidation sites excluding steroid dienone is 3. The van der Waals surface area contributed by atoms with Gasteiger partial charge in [-0.2, -0.15) is 0 Å². The zero-order valence-electron chi connectivity index (χ0n) is 16.6. The number of imidazole rings is 1. The Kier molecular flexibility index (Phi) is 3.76. The molecule has 5 atom stereocenters. The van der Waals surface area contributed by atoms with Crippen molar-refractivity contribution in [2.75, 3.05) is 20.1 Å². The molecule has 0 radical (unpaired) electrons. The van der Waals surface area contributed by atoms with Crippen molar-refractivity contribution in [2.24, 2.45) is 28.6 Å². The normalized spacial score (nSPS) is 43.0. The number of nitrogens with zero attached hydrogens (tertiary/aromatic N) is 3. The third-order valence-electron chi connectivity index (χ3n) is 8.72. The monoisotopic (exact) mass is 351 g/mol. The fourth-order valence-corrected chi connectivity index (χ4v) is 7.14. The highest BCUT2D eigenvalue weighted by atomic mass is 15.1. The number of aromatic nitrogens is 2. The summed E-state index contributed by atoms with van der Waals surface area (Å²) >= 11 is 0. The largest absolute Gasteiger partial charge is 0.310 e. The lowest BCUT2D eigenvalue weighted by Crippen LogP contribution is -2.49. The van der Waals surface area contributed by atoms with Gasteiger partial charge in [0, 0.05) is 30.1 Å². The summed E-state index contributed by atoms with van der Waals surface area (Å²) in [4.78, 5) is 6.82. The molecule has 2 saturated carbocycles. The van der Waals surface area contributed by atoms with Crippen molar-refractivity contribution in [1.29, 1.82) is 0 Å². The van der Waals surface area contributed by atoms with Crippen LogP contribution in [-0.2, 0) is 0 Å². The first-order chi connectivity index (χ1) is 12.5. The van der Waals surface area contributed by atoms with Gasteiger partial charge in [0.05, 0.1) is 6.33 Å². The van der Waals surface area contributed by atoms with E-state index in [1.165, 1.54) is 50.8 Å². The first-order valence-corrected chi connectivity index (χ1v) is 10.6. The molecule has 5 unspecified atom stereocenters. The van der Waals surface area contributed by atoms with Gasteiger partial charge in [-0.15, -0.1) is 0 Å². The molecule has 0 spiro atoms. The van der Waals surface area contributed by atoms with Crippen LogP contribution in [0.1, 0.15) is 52.4 Å². The van der Waals surface area contributed by atoms with E-state index in [1.54, 1.807) is 5.57 Å². The van der Waals surface area contributed by atoms with Crippen LogP contribution in [0, 0.1) is 28.6 Å². The number of hydrogen-bond acceptors (Lipinski definition) is 2. The third-order valence-corrected chi connectivity index (χ3v) is 8.72. The van der Waals surface area contributed by atoms with Gasteiger partial charge in [-0.3, -0.25) is 0 Å². The predicted octanol–water partition coefficient (Wildman–Crippen LogP) is 4.84. The highest BCUT2D eigenvalue weighted by molar-refractivity contribution is 5.56. The van der Waals surface area contributed by atoms with E-state index < -0.39 is 0 Å². The van der Waals surface area contributed by atoms with E-state index in [4.69, 9.17) is 0 Å². The van der Waals surface area contributed by atoms with Gasteiger partial charge < -0.3 is 9.47 Å². The summed E-state index contributed by atoms with van der Waals surface area (Å²) in [6.45, 7) is 7.55. The van der Waals surface area contributed by atoms with Crippen molar-refractivity contribution in [2.45, 2.75) is 52.4 Å². The molecule has 140 valence electrons. The summed E-state index contributed by atoms with van der Waals surface area (Å²) in [6, 6.07) is 0. The van der Waals surface area contributed by atoms with E-state index in [-0.39, 0.29) is 0 Å². The second-order valence-electron chi connectivity index (χ2n) is 9.83. The Bertz CT molecular complexity index is 746. The molecular formula is C23H33N3. The molecule has 4 aliphatic rings. The molecule has 0 aromatic carbocycles. The lowest BCUT2D eigenvalue weighted by Gasteiger charge is -2.57. The summed E-state index contributed by atoms with van der Waals surface area (Å²) in [6.07, 6.45) is 19.2. The first-order valence-electron chi connectivity index (χ1n) is 10.6. The molecule has 0 bridgehead atoms. The lowest BCUT2D eigenvalue weighted by atomic mass is 9.48. The number of likely N-dealkylation sites (N-methyl/N-ethyl adjacent to an activating group) is 1. The summed E-state index contributed by atoms with van der Waals surface area (Å²) in [7, 11) is 2.28. The van der Waals surface area contributed by atoms with Gasteiger partial charge >= 0.3 is 0 Å². The first kappa shape index (κ1) is 16.8. The maximum atomic E-state index is 4.31. The molecule has 2 heterocycles. The molecule has 1 aromatic heterocycles. The van der Waals surface area contributed by atoms with Crippen LogP contribution in [0.3, 0.4) is 0 Å². The zero-order chi connectivity index (χ0) is 17.9. The maximum Gasteiger partial charge on any atom is 0.0989 e. The maximum absolute atomic E-state index is 4.31. The van der Waals surface area contributed by atoms with Gasteiger partial charge in [-0.1, -0.05) is 31.6 Å². The Morgan fingerprint density at radius 2 is 1.96 bits per heavy atom. The zero-order valence-corrected chi connectivity index (χ0v) is 16.6. The van der Waals surface area contributed by atoms with Crippen LogP contribution in [0.25, 0.3) is 5.70 Å². The quantitative estimate of drug-likeness (QED) is 0.675. The van der Waals surface area contributed by atoms with Crippen LogP contribution < -0.4 is 0 Å². The van der Waals surface area contributed by atoms with Crippen LogP contribution in [0.15, 0.2) is 36.4 Å². The van der Waals surface area contributed by atoms with Gasteiger partial charge in [0.1, 0.15) is 0 Å². The van der Waals surface area contributed by atoms with Crippen molar-refractivity contribution >= 4 is 5.70 Å². The fourth-order valence-electron chi connectivity index (χ4n) is 7.14. The smallest absolute Gasteiger partial charge is 0.0989 e. The molecule has 3 aliphatic carbocycles. The van der Waals surface area contributed by atoms with E-state index in [0.717, 1.165) is 24.3 Å². The minimum atomic E-state index is 0.334. The summed E-state index contributed by atoms with van der Waals surface area (Å²) in [5.74, 6) is 2.58. The molecule has 3 nitrogen and oxygen atoms in total. The van der Waals surface area contributed by atoms with Crippen LogP contribution in [0.2, 0.25) is 0 Å². The Morgan fingerprint density at radius 1 is 1.08 bits per heavy atom. The molecule has 2 fully saturated rings. The van der Waals surface area contributed by atoms with Crippen molar-refractivity contribution in [3.05, 3.63) is 36.4 Å². The predicted molar refractivity (Wildman–Crippen MR) is 106 cm³/mol. The Balaban J connectivity index is 1.47. The molecular weight excluding hydrogens is 318 g/mol. The van der Waals surface area contributed by atoms with Gasteiger partial charge in [-0.25, -0.2) is 4.98 Å². The van der Waals surface area contributed by atoms with Crippen molar-refractivity contribution in [3.63, 3.8) is 0 Å². The molecule has 1 aromatic rings. The van der Waals surface area contributed by atoms with Gasteiger partial charge in [-0.05, 0) is 75.3 Å². The van der Waals surface area contributed by atoms with E-state index in [9.17, 15) is 0 Å². The van der Waals surface area contributed by atoms with Crippen LogP contribution in [0.5, 0.6) is 0 Å². The SMILES string of the molecule is CN1CC=C2CCC3C(CCC4(C)C(n5ccnc5)=CCC34)C2(C)CC1. The second-order valence-corrected chi connectivity index (χ2v) is 9.83. The molecule has 5 rings (SSSR count). The Hall–Kier alpha value is -1.35. The minimum Gasteiger partial charge on any atom is -0.310 e. The molecule has 0 saturated heterocycles. The van der Waals surface area contributed by atoms with Gasteiger partial charge in [0.25, 0.3) is 0 Å². The highest BCUT2D eigenvalue weighted by Crippen LogP contribution is 2.65. The van der Waals surface area contributed by atoms with Crippen LogP contribution in [0.4, 0.5) is 0 Å². The Morgan fingerprint density at radius 3 is 2.77 bits per heavy atom. The number of fused-ring (bicyclic) bond motifs is 5. The minimum absolute atomic E-state index is 0.334. The number of hydrogen-bond donors (Lipinski definition) is 0. The van der Waals surface area contributed by atoms with Crippen molar-refractivity contribution < 1.29 is 0 Å². The average Bonchev–Trinajstić information content (AvgIpc) is 3.22. The molecule has 3 heteroatoms. The number of rotatable bonds is 1. The molecule has 0 N–H and O–H groups in total. The summed E-state index contributed by atoms with van der Waals surface area (Å²) in [5, 5.41) is 0. The van der Waals surface area contributed by atoms with Crippen molar-refractivity contribution in [1.82, 2.24) is 14.5 Å². The highest BCUT2D eigenvalue weighted by Gasteiger charge is 2.56. The average molecular weight is 352 g/mol. The van der Waals surface area contributed by atoms with E-state index >= 15 is 0 Å². The lowest BCUT2D eigenvalue weighted by molar-refractivity contribution is -0.0207. The Labute approximate surface area is 158 Å². The standard InChI is InChI=1S/C23H33N3/c1-22-11-14-25(3)13-9-17(22)4-5-18-19-6-7-21(26-15-12-24-16-26)23(19,2)10-8-20(18)22/h7,9,12,15-16,18-20H,4-6,8,10-11,13-14H2,1-3H3. The summed E-state index contributed by atoms with van der Waals surface area (Å²) in [5.41, 5.74) is 4.08. The van der Waals surface area contributed by atoms with E-state index in [0.29, 0.717) is 10.8 Å². The second kappa shape index (κ2) is 5.82. The van der Waals surface area contributed by atoms with Crippen molar-refractivity contribution in [3.8, 4) is 0 Å². The summed E-state index contributed by atoms with van der Waals surface area (Å²) < 4.78 is 2.29. The third kappa shape index (κ3) is 2.25. The van der Waals surface area contributed by atoms with Gasteiger partial charge in [0.15, 0.2) is 0 Å². The fraction of sp³-hybridized carbons (Fsp3) is 0.696. The molecule has 0 amide bonds. The molecule has 1 aliphatic heterocycles. The van der Waals surface area contributed by atoms with E-state index in [2.05, 4.69) is 53.7 Å². The van der Waals surface area contributed by atoms with Crippen LogP contribution >= 0.6 is 0 Å². The van der Waals surface area contributed by atoms with Gasteiger partial charge in [0.2, 0.25) is 0 Å².